The Bertz CT molecular complexity index is 605. The Kier molecular flexibility index (Phi) is 9.05. The second kappa shape index (κ2) is 11.3. The van der Waals surface area contributed by atoms with Crippen molar-refractivity contribution in [3.63, 3.8) is 0 Å². The Hall–Kier alpha value is -1.80. The van der Waals surface area contributed by atoms with Crippen LogP contribution in [0.25, 0.3) is 0 Å². The number of rotatable bonds is 7. The zero-order valence-corrected chi connectivity index (χ0v) is 18.5. The largest absolute Gasteiger partial charge is 0.444 e. The SMILES string of the molecule is CCNC(=NCc1ccsc1)NCCCN1CCN(C(=O)OC(C)(C)C)CC1. The van der Waals surface area contributed by atoms with Crippen molar-refractivity contribution in [2.75, 3.05) is 45.8 Å². The standard InChI is InChI=1S/C20H35N5O2S/c1-5-21-18(23-15-17-7-14-28-16-17)22-8-6-9-24-10-12-25(13-11-24)19(26)27-20(2,3)4/h7,14,16H,5-6,8-13,15H2,1-4H3,(H2,21,22,23). The summed E-state index contributed by atoms with van der Waals surface area (Å²) in [6, 6.07) is 2.11. The molecule has 0 atom stereocenters. The summed E-state index contributed by atoms with van der Waals surface area (Å²) in [4.78, 5) is 21.0. The third kappa shape index (κ3) is 8.48. The number of carbonyl (C=O) groups is 1. The Labute approximate surface area is 173 Å². The highest BCUT2D eigenvalue weighted by atomic mass is 32.1. The van der Waals surface area contributed by atoms with Crippen LogP contribution in [-0.4, -0.2) is 73.3 Å². The van der Waals surface area contributed by atoms with Crippen molar-refractivity contribution in [3.05, 3.63) is 22.4 Å². The summed E-state index contributed by atoms with van der Waals surface area (Å²) in [5.41, 5.74) is 0.805. The molecule has 0 saturated carbocycles. The molecule has 2 N–H and O–H groups in total. The highest BCUT2D eigenvalue weighted by molar-refractivity contribution is 7.07. The molecule has 1 saturated heterocycles. The first-order chi connectivity index (χ1) is 13.4. The molecule has 0 aliphatic carbocycles. The van der Waals surface area contributed by atoms with Gasteiger partial charge in [0.2, 0.25) is 0 Å². The van der Waals surface area contributed by atoms with Gasteiger partial charge in [-0.2, -0.15) is 11.3 Å². The van der Waals surface area contributed by atoms with Crippen molar-refractivity contribution < 1.29 is 9.53 Å². The molecular weight excluding hydrogens is 374 g/mol. The first-order valence-electron chi connectivity index (χ1n) is 10.1. The molecule has 1 aliphatic rings. The van der Waals surface area contributed by atoms with E-state index in [1.807, 2.05) is 20.8 Å². The molecule has 0 spiro atoms. The summed E-state index contributed by atoms with van der Waals surface area (Å²) in [7, 11) is 0. The molecule has 28 heavy (non-hydrogen) atoms. The number of nitrogens with one attached hydrogen (secondary N) is 2. The maximum absolute atomic E-state index is 12.1. The lowest BCUT2D eigenvalue weighted by Gasteiger charge is -2.35. The first kappa shape index (κ1) is 22.5. The number of piperazine rings is 1. The van der Waals surface area contributed by atoms with Crippen LogP contribution in [0.1, 0.15) is 39.7 Å². The van der Waals surface area contributed by atoms with E-state index in [0.717, 1.165) is 58.2 Å². The average molecular weight is 410 g/mol. The van der Waals surface area contributed by atoms with Crippen LogP contribution < -0.4 is 10.6 Å². The lowest BCUT2D eigenvalue weighted by Crippen LogP contribution is -2.50. The van der Waals surface area contributed by atoms with Gasteiger partial charge in [0, 0.05) is 39.3 Å². The average Bonchev–Trinajstić information content (AvgIpc) is 3.16. The smallest absolute Gasteiger partial charge is 0.410 e. The Balaban J connectivity index is 1.64. The molecule has 7 nitrogen and oxygen atoms in total. The topological polar surface area (TPSA) is 69.2 Å². The molecule has 1 aromatic rings. The first-order valence-corrected chi connectivity index (χ1v) is 11.0. The van der Waals surface area contributed by atoms with Crippen LogP contribution in [0.5, 0.6) is 0 Å². The van der Waals surface area contributed by atoms with E-state index in [2.05, 4.69) is 44.3 Å². The zero-order valence-electron chi connectivity index (χ0n) is 17.7. The monoisotopic (exact) mass is 409 g/mol. The molecule has 0 unspecified atom stereocenters. The van der Waals surface area contributed by atoms with Crippen LogP contribution in [0.2, 0.25) is 0 Å². The normalized spacial score (nSPS) is 16.1. The van der Waals surface area contributed by atoms with E-state index in [9.17, 15) is 4.79 Å². The second-order valence-electron chi connectivity index (χ2n) is 7.92. The number of ether oxygens (including phenoxy) is 1. The van der Waals surface area contributed by atoms with Crippen LogP contribution in [0.4, 0.5) is 4.79 Å². The molecular formula is C20H35N5O2S. The van der Waals surface area contributed by atoms with E-state index < -0.39 is 5.60 Å². The lowest BCUT2D eigenvalue weighted by molar-refractivity contribution is 0.0145. The molecule has 8 heteroatoms. The molecule has 1 aromatic heterocycles. The third-order valence-corrected chi connectivity index (χ3v) is 5.04. The van der Waals surface area contributed by atoms with Crippen molar-refractivity contribution in [2.24, 2.45) is 4.99 Å². The summed E-state index contributed by atoms with van der Waals surface area (Å²) in [5, 5.41) is 10.9. The number of thiophene rings is 1. The van der Waals surface area contributed by atoms with Gasteiger partial charge >= 0.3 is 6.09 Å². The fourth-order valence-corrected chi connectivity index (χ4v) is 3.54. The molecule has 0 radical (unpaired) electrons. The van der Waals surface area contributed by atoms with Gasteiger partial charge in [-0.05, 0) is 63.1 Å². The Morgan fingerprint density at radius 3 is 2.61 bits per heavy atom. The van der Waals surface area contributed by atoms with Crippen LogP contribution in [0, 0.1) is 0 Å². The quantitative estimate of drug-likeness (QED) is 0.412. The van der Waals surface area contributed by atoms with E-state index in [4.69, 9.17) is 4.74 Å². The number of guanidine groups is 1. The van der Waals surface area contributed by atoms with Crippen LogP contribution in [-0.2, 0) is 11.3 Å². The fourth-order valence-electron chi connectivity index (χ4n) is 2.88. The highest BCUT2D eigenvalue weighted by Gasteiger charge is 2.25. The number of nitrogens with zero attached hydrogens (tertiary/aromatic N) is 3. The molecule has 2 heterocycles. The van der Waals surface area contributed by atoms with E-state index >= 15 is 0 Å². The highest BCUT2D eigenvalue weighted by Crippen LogP contribution is 2.12. The van der Waals surface area contributed by atoms with Crippen LogP contribution in [0.15, 0.2) is 21.8 Å². The molecule has 2 rings (SSSR count). The summed E-state index contributed by atoms with van der Waals surface area (Å²) in [5.74, 6) is 0.864. The fraction of sp³-hybridized carbons (Fsp3) is 0.700. The van der Waals surface area contributed by atoms with Gasteiger partial charge in [0.15, 0.2) is 5.96 Å². The minimum atomic E-state index is -0.435. The van der Waals surface area contributed by atoms with E-state index in [1.165, 1.54) is 5.56 Å². The van der Waals surface area contributed by atoms with Crippen molar-refractivity contribution in [1.82, 2.24) is 20.4 Å². The number of hydrogen-bond acceptors (Lipinski definition) is 5. The van der Waals surface area contributed by atoms with Crippen molar-refractivity contribution >= 4 is 23.4 Å². The number of aliphatic imine (C=N–C) groups is 1. The lowest BCUT2D eigenvalue weighted by atomic mass is 10.2. The summed E-state index contributed by atoms with van der Waals surface area (Å²) in [6.45, 7) is 14.5. The molecule has 1 aliphatic heterocycles. The van der Waals surface area contributed by atoms with Gasteiger partial charge in [0.25, 0.3) is 0 Å². The predicted molar refractivity (Wildman–Crippen MR) is 116 cm³/mol. The third-order valence-electron chi connectivity index (χ3n) is 4.31. The maximum atomic E-state index is 12.1. The van der Waals surface area contributed by atoms with E-state index in [1.54, 1.807) is 16.2 Å². The van der Waals surface area contributed by atoms with Gasteiger partial charge in [-0.1, -0.05) is 0 Å². The molecule has 0 aromatic carbocycles. The van der Waals surface area contributed by atoms with Gasteiger partial charge < -0.3 is 20.3 Å². The van der Waals surface area contributed by atoms with Crippen LogP contribution >= 0.6 is 11.3 Å². The predicted octanol–water partition coefficient (Wildman–Crippen LogP) is 2.75. The molecule has 1 amide bonds. The second-order valence-corrected chi connectivity index (χ2v) is 8.70. The van der Waals surface area contributed by atoms with Gasteiger partial charge in [-0.3, -0.25) is 4.90 Å². The molecule has 0 bridgehead atoms. The summed E-state index contributed by atoms with van der Waals surface area (Å²) in [6.07, 6.45) is 0.834. The van der Waals surface area contributed by atoms with Gasteiger partial charge in [0.05, 0.1) is 6.54 Å². The molecule has 1 fully saturated rings. The van der Waals surface area contributed by atoms with Crippen LogP contribution in [0.3, 0.4) is 0 Å². The maximum Gasteiger partial charge on any atom is 0.410 e. The van der Waals surface area contributed by atoms with Gasteiger partial charge in [0.1, 0.15) is 5.60 Å². The van der Waals surface area contributed by atoms with E-state index in [0.29, 0.717) is 6.54 Å². The van der Waals surface area contributed by atoms with Crippen molar-refractivity contribution in [1.29, 1.82) is 0 Å². The Morgan fingerprint density at radius 1 is 1.25 bits per heavy atom. The summed E-state index contributed by atoms with van der Waals surface area (Å²) < 4.78 is 5.45. The molecule has 158 valence electrons. The Morgan fingerprint density at radius 2 is 2.00 bits per heavy atom. The van der Waals surface area contributed by atoms with Gasteiger partial charge in [-0.15, -0.1) is 0 Å². The minimum absolute atomic E-state index is 0.203. The van der Waals surface area contributed by atoms with Gasteiger partial charge in [-0.25, -0.2) is 9.79 Å². The van der Waals surface area contributed by atoms with Crippen molar-refractivity contribution in [2.45, 2.75) is 46.3 Å². The van der Waals surface area contributed by atoms with E-state index in [-0.39, 0.29) is 6.09 Å². The number of carbonyl (C=O) groups excluding carboxylic acids is 1. The zero-order chi connectivity index (χ0) is 20.4. The number of hydrogen-bond donors (Lipinski definition) is 2. The van der Waals surface area contributed by atoms with Crippen molar-refractivity contribution in [3.8, 4) is 0 Å². The minimum Gasteiger partial charge on any atom is -0.444 e. The number of amides is 1. The summed E-state index contributed by atoms with van der Waals surface area (Å²) >= 11 is 1.70.